The van der Waals surface area contributed by atoms with Crippen molar-refractivity contribution in [1.82, 2.24) is 4.90 Å². The van der Waals surface area contributed by atoms with E-state index < -0.39 is 0 Å². The largest absolute Gasteiger partial charge is 0.454 e. The molecule has 0 radical (unpaired) electrons. The van der Waals surface area contributed by atoms with Crippen LogP contribution in [0.15, 0.2) is 53.2 Å². The van der Waals surface area contributed by atoms with Crippen molar-refractivity contribution in [3.8, 4) is 0 Å². The lowest BCUT2D eigenvalue weighted by atomic mass is 10.1. The fraction of sp³-hybridized carbons (Fsp3) is 0.300. The highest BCUT2D eigenvalue weighted by molar-refractivity contribution is 6.09. The van der Waals surface area contributed by atoms with Gasteiger partial charge in [-0.2, -0.15) is 0 Å². The first-order chi connectivity index (χ1) is 11.2. The van der Waals surface area contributed by atoms with Crippen molar-refractivity contribution < 1.29 is 4.42 Å². The van der Waals surface area contributed by atoms with Gasteiger partial charge in [0.2, 0.25) is 0 Å². The number of hydrogen-bond donors (Lipinski definition) is 0. The van der Waals surface area contributed by atoms with E-state index in [2.05, 4.69) is 67.2 Å². The van der Waals surface area contributed by atoms with E-state index in [1.54, 1.807) is 0 Å². The Labute approximate surface area is 136 Å². The molecule has 0 amide bonds. The summed E-state index contributed by atoms with van der Waals surface area (Å²) in [5, 5.41) is 2.38. The zero-order chi connectivity index (χ0) is 16.0. The number of rotatable bonds is 3. The van der Waals surface area contributed by atoms with Crippen molar-refractivity contribution in [3.05, 3.63) is 54.4 Å². The zero-order valence-corrected chi connectivity index (χ0v) is 13.9. The van der Waals surface area contributed by atoms with Gasteiger partial charge in [0.15, 0.2) is 5.58 Å². The monoisotopic (exact) mass is 306 g/mol. The van der Waals surface area contributed by atoms with Crippen LogP contribution in [-0.2, 0) is 0 Å². The molecule has 1 atom stereocenters. The molecule has 0 N–H and O–H groups in total. The van der Waals surface area contributed by atoms with Gasteiger partial charge in [-0.25, -0.2) is 0 Å². The number of aryl methyl sites for hydroxylation is 1. The molecular weight excluding hydrogens is 284 g/mol. The Morgan fingerprint density at radius 3 is 2.70 bits per heavy atom. The number of hydrogen-bond acceptors (Lipinski definition) is 3. The molecule has 0 fully saturated rings. The predicted octanol–water partition coefficient (Wildman–Crippen LogP) is 5.24. The van der Waals surface area contributed by atoms with Crippen LogP contribution in [0, 0.1) is 6.92 Å². The van der Waals surface area contributed by atoms with Gasteiger partial charge in [-0.1, -0.05) is 37.3 Å². The number of nitrogens with zero attached hydrogens (tertiary/aromatic N) is 2. The SMILES string of the molecule is CCCN1C=CN(c2c(C)ccc3c2oc2ccccc23)[C@H]1C. The fourth-order valence-corrected chi connectivity index (χ4v) is 3.54. The van der Waals surface area contributed by atoms with E-state index in [1.807, 2.05) is 12.1 Å². The average molecular weight is 306 g/mol. The molecular formula is C20H22N2O. The van der Waals surface area contributed by atoms with Crippen LogP contribution in [0.5, 0.6) is 0 Å². The van der Waals surface area contributed by atoms with Crippen molar-refractivity contribution in [2.24, 2.45) is 0 Å². The molecule has 1 aromatic heterocycles. The second kappa shape index (κ2) is 5.34. The standard InChI is InChI=1S/C20H22N2O/c1-4-11-21-12-13-22(15(21)3)19-14(2)9-10-17-16-7-5-6-8-18(16)23-20(17)19/h5-10,12-13,15H,4,11H2,1-3H3/t15-/m0/s1. The lowest BCUT2D eigenvalue weighted by Gasteiger charge is -2.30. The molecule has 23 heavy (non-hydrogen) atoms. The Hall–Kier alpha value is -2.42. The van der Waals surface area contributed by atoms with Crippen molar-refractivity contribution in [1.29, 1.82) is 0 Å². The average Bonchev–Trinajstić information content (AvgIpc) is 3.09. The Morgan fingerprint density at radius 2 is 1.87 bits per heavy atom. The van der Waals surface area contributed by atoms with Crippen molar-refractivity contribution in [2.75, 3.05) is 11.4 Å². The maximum atomic E-state index is 6.23. The molecule has 1 aliphatic heterocycles. The summed E-state index contributed by atoms with van der Waals surface area (Å²) in [7, 11) is 0. The van der Waals surface area contributed by atoms with Crippen LogP contribution in [-0.4, -0.2) is 17.6 Å². The first kappa shape index (κ1) is 14.2. The summed E-state index contributed by atoms with van der Waals surface area (Å²) in [6, 6.07) is 12.6. The third-order valence-electron chi connectivity index (χ3n) is 4.76. The summed E-state index contributed by atoms with van der Waals surface area (Å²) in [6.45, 7) is 7.69. The van der Waals surface area contributed by atoms with Crippen molar-refractivity contribution in [3.63, 3.8) is 0 Å². The highest BCUT2D eigenvalue weighted by Gasteiger charge is 2.26. The van der Waals surface area contributed by atoms with Crippen LogP contribution in [0.3, 0.4) is 0 Å². The topological polar surface area (TPSA) is 19.6 Å². The number of fused-ring (bicyclic) bond motifs is 3. The number of para-hydroxylation sites is 1. The van der Waals surface area contributed by atoms with Gasteiger partial charge in [0, 0.05) is 29.7 Å². The Balaban J connectivity index is 1.90. The Morgan fingerprint density at radius 1 is 1.04 bits per heavy atom. The van der Waals surface area contributed by atoms with Crippen LogP contribution in [0.4, 0.5) is 5.69 Å². The fourth-order valence-electron chi connectivity index (χ4n) is 3.54. The number of benzene rings is 2. The molecule has 3 heteroatoms. The zero-order valence-electron chi connectivity index (χ0n) is 13.9. The van der Waals surface area contributed by atoms with Crippen LogP contribution >= 0.6 is 0 Å². The van der Waals surface area contributed by atoms with E-state index in [0.717, 1.165) is 24.1 Å². The molecule has 118 valence electrons. The summed E-state index contributed by atoms with van der Waals surface area (Å²) in [5.74, 6) is 0. The second-order valence-electron chi connectivity index (χ2n) is 6.28. The van der Waals surface area contributed by atoms with Gasteiger partial charge < -0.3 is 14.2 Å². The minimum atomic E-state index is 0.312. The molecule has 0 saturated heterocycles. The van der Waals surface area contributed by atoms with Gasteiger partial charge in [-0.3, -0.25) is 0 Å². The van der Waals surface area contributed by atoms with Gasteiger partial charge in [-0.15, -0.1) is 0 Å². The van der Waals surface area contributed by atoms with Gasteiger partial charge >= 0.3 is 0 Å². The lowest BCUT2D eigenvalue weighted by Crippen LogP contribution is -2.36. The smallest absolute Gasteiger partial charge is 0.159 e. The Bertz CT molecular complexity index is 893. The van der Waals surface area contributed by atoms with Gasteiger partial charge in [0.25, 0.3) is 0 Å². The lowest BCUT2D eigenvalue weighted by molar-refractivity contribution is 0.319. The van der Waals surface area contributed by atoms with Crippen LogP contribution < -0.4 is 4.90 Å². The molecule has 0 unspecified atom stereocenters. The van der Waals surface area contributed by atoms with Gasteiger partial charge in [-0.05, 0) is 31.9 Å². The quantitative estimate of drug-likeness (QED) is 0.659. The molecule has 3 nitrogen and oxygen atoms in total. The summed E-state index contributed by atoms with van der Waals surface area (Å²) in [5.41, 5.74) is 4.36. The molecule has 3 aromatic rings. The first-order valence-electron chi connectivity index (χ1n) is 8.34. The van der Waals surface area contributed by atoms with E-state index in [1.165, 1.54) is 22.0 Å². The van der Waals surface area contributed by atoms with Crippen molar-refractivity contribution >= 4 is 27.6 Å². The maximum Gasteiger partial charge on any atom is 0.159 e. The van der Waals surface area contributed by atoms with E-state index in [0.29, 0.717) is 6.17 Å². The highest BCUT2D eigenvalue weighted by Crippen LogP contribution is 2.39. The molecule has 1 aliphatic rings. The number of furan rings is 1. The molecule has 4 rings (SSSR count). The first-order valence-corrected chi connectivity index (χ1v) is 8.34. The molecule has 2 aromatic carbocycles. The highest BCUT2D eigenvalue weighted by atomic mass is 16.3. The van der Waals surface area contributed by atoms with E-state index in [4.69, 9.17) is 4.42 Å². The van der Waals surface area contributed by atoms with Crippen LogP contribution in [0.1, 0.15) is 25.8 Å². The maximum absolute atomic E-state index is 6.23. The van der Waals surface area contributed by atoms with E-state index in [-0.39, 0.29) is 0 Å². The Kier molecular flexibility index (Phi) is 3.29. The van der Waals surface area contributed by atoms with E-state index >= 15 is 0 Å². The number of anilines is 1. The normalized spacial score (nSPS) is 17.8. The molecule has 0 aliphatic carbocycles. The van der Waals surface area contributed by atoms with Crippen molar-refractivity contribution in [2.45, 2.75) is 33.4 Å². The molecule has 0 saturated carbocycles. The third-order valence-corrected chi connectivity index (χ3v) is 4.76. The summed E-state index contributed by atoms with van der Waals surface area (Å²) in [4.78, 5) is 4.70. The minimum absolute atomic E-state index is 0.312. The third kappa shape index (κ3) is 2.11. The predicted molar refractivity (Wildman–Crippen MR) is 96.5 cm³/mol. The summed E-state index contributed by atoms with van der Waals surface area (Å²) >= 11 is 0. The molecule has 0 bridgehead atoms. The van der Waals surface area contributed by atoms with Gasteiger partial charge in [0.1, 0.15) is 11.7 Å². The second-order valence-corrected chi connectivity index (χ2v) is 6.28. The minimum Gasteiger partial charge on any atom is -0.454 e. The van der Waals surface area contributed by atoms with E-state index in [9.17, 15) is 0 Å². The summed E-state index contributed by atoms with van der Waals surface area (Å²) < 4.78 is 6.23. The summed E-state index contributed by atoms with van der Waals surface area (Å²) in [6.07, 6.45) is 5.83. The van der Waals surface area contributed by atoms with Crippen LogP contribution in [0.2, 0.25) is 0 Å². The molecule has 2 heterocycles. The molecule has 0 spiro atoms. The van der Waals surface area contributed by atoms with Gasteiger partial charge in [0.05, 0.1) is 5.69 Å². The van der Waals surface area contributed by atoms with Crippen LogP contribution in [0.25, 0.3) is 21.9 Å².